The number of carbonyl (C=O) groups excluding carboxylic acids is 1. The van der Waals surface area contributed by atoms with Gasteiger partial charge in [0.05, 0.1) is 11.9 Å². The Labute approximate surface area is 157 Å². The molecule has 0 spiro atoms. The fourth-order valence-electron chi connectivity index (χ4n) is 3.50. The Kier molecular flexibility index (Phi) is 4.59. The molecule has 1 atom stereocenters. The van der Waals surface area contributed by atoms with Crippen molar-refractivity contribution in [2.24, 2.45) is 0 Å². The molecule has 1 aliphatic heterocycles. The molecule has 4 nitrogen and oxygen atoms in total. The Balaban J connectivity index is 1.46. The highest BCUT2D eigenvalue weighted by Gasteiger charge is 2.27. The van der Waals surface area contributed by atoms with Crippen LogP contribution < -0.4 is 10.2 Å². The van der Waals surface area contributed by atoms with E-state index < -0.39 is 0 Å². The van der Waals surface area contributed by atoms with Gasteiger partial charge in [0.15, 0.2) is 0 Å². The van der Waals surface area contributed by atoms with Crippen LogP contribution in [0.5, 0.6) is 0 Å². The number of aromatic nitrogens is 1. The lowest BCUT2D eigenvalue weighted by atomic mass is 10.1. The molecule has 2 heterocycles. The molecule has 1 unspecified atom stereocenters. The number of anilines is 2. The van der Waals surface area contributed by atoms with Crippen LogP contribution in [-0.4, -0.2) is 16.9 Å². The topological polar surface area (TPSA) is 45.2 Å². The maximum Gasteiger partial charge on any atom is 0.270 e. The third-order valence-corrected chi connectivity index (χ3v) is 4.83. The van der Waals surface area contributed by atoms with Gasteiger partial charge in [-0.1, -0.05) is 30.3 Å². The minimum absolute atomic E-state index is 0.249. The zero-order chi connectivity index (χ0) is 18.8. The Morgan fingerprint density at radius 1 is 1.15 bits per heavy atom. The molecule has 1 aliphatic rings. The number of fused-ring (bicyclic) bond motifs is 1. The molecule has 2 aromatic carbocycles. The number of nitrogens with one attached hydrogen (secondary N) is 1. The van der Waals surface area contributed by atoms with Gasteiger partial charge >= 0.3 is 0 Å². The predicted octanol–water partition coefficient (Wildman–Crippen LogP) is 4.23. The predicted molar refractivity (Wildman–Crippen MR) is 104 cm³/mol. The molecule has 136 valence electrons. The molecule has 0 fully saturated rings. The average Bonchev–Trinajstić information content (AvgIpc) is 3.03. The van der Waals surface area contributed by atoms with Crippen LogP contribution in [0.4, 0.5) is 15.8 Å². The standard InChI is InChI=1S/C22H20FN3O/c1-15-12-17-4-2-3-5-21(17)26(15)19-10-11-20(24-14-19)22(27)25-13-16-6-8-18(23)9-7-16/h2-11,14-15H,12-13H2,1H3,(H,25,27). The smallest absolute Gasteiger partial charge is 0.270 e. The third-order valence-electron chi connectivity index (χ3n) is 4.83. The number of benzene rings is 2. The molecule has 1 N–H and O–H groups in total. The summed E-state index contributed by atoms with van der Waals surface area (Å²) < 4.78 is 12.9. The second-order valence-electron chi connectivity index (χ2n) is 6.76. The van der Waals surface area contributed by atoms with Crippen LogP contribution in [0.15, 0.2) is 66.9 Å². The molecule has 0 radical (unpaired) electrons. The number of nitrogens with zero attached hydrogens (tertiary/aromatic N) is 2. The summed E-state index contributed by atoms with van der Waals surface area (Å²) in [5.74, 6) is -0.541. The zero-order valence-electron chi connectivity index (χ0n) is 15.0. The molecule has 0 bridgehead atoms. The Bertz CT molecular complexity index is 954. The van der Waals surface area contributed by atoms with E-state index in [4.69, 9.17) is 0 Å². The molecule has 0 aliphatic carbocycles. The van der Waals surface area contributed by atoms with Gasteiger partial charge in [-0.3, -0.25) is 4.79 Å². The first-order valence-electron chi connectivity index (χ1n) is 8.97. The summed E-state index contributed by atoms with van der Waals surface area (Å²) >= 11 is 0. The first-order valence-corrected chi connectivity index (χ1v) is 8.97. The first kappa shape index (κ1) is 17.2. The van der Waals surface area contributed by atoms with Crippen molar-refractivity contribution in [3.05, 3.63) is 89.5 Å². The van der Waals surface area contributed by atoms with Crippen molar-refractivity contribution in [1.82, 2.24) is 10.3 Å². The van der Waals surface area contributed by atoms with E-state index in [0.717, 1.165) is 17.7 Å². The van der Waals surface area contributed by atoms with Crippen LogP contribution in [0.1, 0.15) is 28.5 Å². The molecule has 0 saturated heterocycles. The van der Waals surface area contributed by atoms with Crippen LogP contribution in [0.3, 0.4) is 0 Å². The zero-order valence-corrected chi connectivity index (χ0v) is 15.0. The fourth-order valence-corrected chi connectivity index (χ4v) is 3.50. The monoisotopic (exact) mass is 361 g/mol. The van der Waals surface area contributed by atoms with Gasteiger partial charge in [0.1, 0.15) is 11.5 Å². The quantitative estimate of drug-likeness (QED) is 0.756. The Morgan fingerprint density at radius 3 is 2.67 bits per heavy atom. The summed E-state index contributed by atoms with van der Waals surface area (Å²) in [5.41, 5.74) is 4.69. The number of carbonyl (C=O) groups is 1. The van der Waals surface area contributed by atoms with E-state index in [0.29, 0.717) is 18.3 Å². The van der Waals surface area contributed by atoms with Gasteiger partial charge in [0, 0.05) is 18.3 Å². The third kappa shape index (κ3) is 3.53. The Hall–Kier alpha value is -3.21. The maximum atomic E-state index is 12.9. The van der Waals surface area contributed by atoms with E-state index in [1.54, 1.807) is 24.4 Å². The second-order valence-corrected chi connectivity index (χ2v) is 6.76. The lowest BCUT2D eigenvalue weighted by molar-refractivity contribution is 0.0946. The number of hydrogen-bond acceptors (Lipinski definition) is 3. The minimum atomic E-state index is -0.292. The van der Waals surface area contributed by atoms with E-state index in [9.17, 15) is 9.18 Å². The summed E-state index contributed by atoms with van der Waals surface area (Å²) in [7, 11) is 0. The SMILES string of the molecule is CC1Cc2ccccc2N1c1ccc(C(=O)NCc2ccc(F)cc2)nc1. The summed E-state index contributed by atoms with van der Waals surface area (Å²) in [6.07, 6.45) is 2.74. The van der Waals surface area contributed by atoms with Crippen molar-refractivity contribution < 1.29 is 9.18 Å². The normalized spacial score (nSPS) is 15.5. The molecule has 1 aromatic heterocycles. The Morgan fingerprint density at radius 2 is 1.93 bits per heavy atom. The van der Waals surface area contributed by atoms with Gasteiger partial charge < -0.3 is 10.2 Å². The molecule has 1 amide bonds. The fraction of sp³-hybridized carbons (Fsp3) is 0.182. The summed E-state index contributed by atoms with van der Waals surface area (Å²) in [6.45, 7) is 2.52. The van der Waals surface area contributed by atoms with Gasteiger partial charge in [-0.2, -0.15) is 0 Å². The molecular weight excluding hydrogens is 341 g/mol. The lowest BCUT2D eigenvalue weighted by Gasteiger charge is -2.24. The number of para-hydroxylation sites is 1. The van der Waals surface area contributed by atoms with Crippen molar-refractivity contribution >= 4 is 17.3 Å². The van der Waals surface area contributed by atoms with Crippen molar-refractivity contribution in [2.45, 2.75) is 25.9 Å². The highest BCUT2D eigenvalue weighted by Crippen LogP contribution is 2.37. The van der Waals surface area contributed by atoms with Crippen LogP contribution in [0.25, 0.3) is 0 Å². The highest BCUT2D eigenvalue weighted by molar-refractivity contribution is 5.92. The second kappa shape index (κ2) is 7.19. The highest BCUT2D eigenvalue weighted by atomic mass is 19.1. The van der Waals surface area contributed by atoms with Crippen molar-refractivity contribution in [2.75, 3.05) is 4.90 Å². The minimum Gasteiger partial charge on any atom is -0.347 e. The number of amides is 1. The lowest BCUT2D eigenvalue weighted by Crippen LogP contribution is -2.25. The van der Waals surface area contributed by atoms with Crippen molar-refractivity contribution in [3.8, 4) is 0 Å². The molecule has 27 heavy (non-hydrogen) atoms. The van der Waals surface area contributed by atoms with E-state index in [-0.39, 0.29) is 11.7 Å². The first-order chi connectivity index (χ1) is 13.1. The number of halogens is 1. The number of hydrogen-bond donors (Lipinski definition) is 1. The summed E-state index contributed by atoms with van der Waals surface area (Å²) in [6, 6.07) is 18.4. The van der Waals surface area contributed by atoms with E-state index in [2.05, 4.69) is 40.3 Å². The van der Waals surface area contributed by atoms with Gasteiger partial charge in [0.2, 0.25) is 0 Å². The van der Waals surface area contributed by atoms with Gasteiger partial charge in [-0.05, 0) is 54.8 Å². The van der Waals surface area contributed by atoms with E-state index in [1.165, 1.54) is 23.4 Å². The molecule has 4 rings (SSSR count). The van der Waals surface area contributed by atoms with E-state index >= 15 is 0 Å². The molecule has 3 aromatic rings. The number of rotatable bonds is 4. The van der Waals surface area contributed by atoms with E-state index in [1.807, 2.05) is 12.1 Å². The van der Waals surface area contributed by atoms with Crippen LogP contribution >= 0.6 is 0 Å². The molecule has 0 saturated carbocycles. The average molecular weight is 361 g/mol. The number of pyridine rings is 1. The van der Waals surface area contributed by atoms with Crippen LogP contribution in [0, 0.1) is 5.82 Å². The van der Waals surface area contributed by atoms with Crippen molar-refractivity contribution in [3.63, 3.8) is 0 Å². The molecular formula is C22H20FN3O. The summed E-state index contributed by atoms with van der Waals surface area (Å²) in [5, 5.41) is 2.81. The van der Waals surface area contributed by atoms with Crippen LogP contribution in [-0.2, 0) is 13.0 Å². The van der Waals surface area contributed by atoms with Crippen LogP contribution in [0.2, 0.25) is 0 Å². The molecule has 5 heteroatoms. The maximum absolute atomic E-state index is 12.9. The van der Waals surface area contributed by atoms with Gasteiger partial charge in [-0.15, -0.1) is 0 Å². The van der Waals surface area contributed by atoms with Gasteiger partial charge in [-0.25, -0.2) is 9.37 Å². The summed E-state index contributed by atoms with van der Waals surface area (Å²) in [4.78, 5) is 18.9. The van der Waals surface area contributed by atoms with Crippen molar-refractivity contribution in [1.29, 1.82) is 0 Å². The largest absolute Gasteiger partial charge is 0.347 e. The van der Waals surface area contributed by atoms with Gasteiger partial charge in [0.25, 0.3) is 5.91 Å².